The van der Waals surface area contributed by atoms with Crippen LogP contribution in [0, 0.1) is 0 Å². The van der Waals surface area contributed by atoms with Gasteiger partial charge in [0.2, 0.25) is 0 Å². The molecule has 0 aromatic heterocycles. The van der Waals surface area contributed by atoms with Crippen molar-refractivity contribution < 1.29 is 0 Å². The van der Waals surface area contributed by atoms with Crippen molar-refractivity contribution in [3.05, 3.63) is 24.4 Å². The van der Waals surface area contributed by atoms with Gasteiger partial charge in [-0.3, -0.25) is 0 Å². The standard InChI is InChI=1S/C25H49N/c1-5-8-9-10-11-12-13-14-15-16-17-18-19-20-21-22-25(4)26(23-6-2)24-7-3/h14-15H,4-13,16-24H2,1-3H3/b15-14-. The van der Waals surface area contributed by atoms with Gasteiger partial charge in [0, 0.05) is 18.8 Å². The lowest BCUT2D eigenvalue weighted by atomic mass is 10.1. The first kappa shape index (κ1) is 25.3. The number of hydrogen-bond donors (Lipinski definition) is 0. The highest BCUT2D eigenvalue weighted by Crippen LogP contribution is 2.15. The zero-order valence-electron chi connectivity index (χ0n) is 18.5. The Morgan fingerprint density at radius 3 is 1.58 bits per heavy atom. The highest BCUT2D eigenvalue weighted by molar-refractivity contribution is 4.93. The van der Waals surface area contributed by atoms with Gasteiger partial charge in [0.05, 0.1) is 0 Å². The molecule has 154 valence electrons. The van der Waals surface area contributed by atoms with Gasteiger partial charge in [-0.25, -0.2) is 0 Å². The third kappa shape index (κ3) is 16.7. The fourth-order valence-corrected chi connectivity index (χ4v) is 3.53. The summed E-state index contributed by atoms with van der Waals surface area (Å²) in [5.74, 6) is 0. The van der Waals surface area contributed by atoms with E-state index in [0.717, 1.165) is 0 Å². The molecular formula is C25H49N. The molecule has 0 spiro atoms. The molecule has 0 fully saturated rings. The summed E-state index contributed by atoms with van der Waals surface area (Å²) in [6.45, 7) is 13.5. The first-order valence-electron chi connectivity index (χ1n) is 11.8. The number of nitrogens with zero attached hydrogens (tertiary/aromatic N) is 1. The quantitative estimate of drug-likeness (QED) is 0.154. The van der Waals surface area contributed by atoms with Crippen LogP contribution in [0.2, 0.25) is 0 Å². The summed E-state index contributed by atoms with van der Waals surface area (Å²) >= 11 is 0. The van der Waals surface area contributed by atoms with Crippen molar-refractivity contribution in [3.63, 3.8) is 0 Å². The van der Waals surface area contributed by atoms with Gasteiger partial charge in [-0.2, -0.15) is 0 Å². The highest BCUT2D eigenvalue weighted by Gasteiger charge is 2.05. The maximum atomic E-state index is 4.31. The molecule has 0 unspecified atom stereocenters. The lowest BCUT2D eigenvalue weighted by Crippen LogP contribution is -2.24. The predicted octanol–water partition coefficient (Wildman–Crippen LogP) is 8.66. The van der Waals surface area contributed by atoms with Crippen LogP contribution in [0.15, 0.2) is 24.4 Å². The maximum Gasteiger partial charge on any atom is 0.0172 e. The SMILES string of the molecule is C=C(CCCCCCC/C=C\CCCCCCCC)N(CCC)CCC. The van der Waals surface area contributed by atoms with E-state index in [0.29, 0.717) is 0 Å². The summed E-state index contributed by atoms with van der Waals surface area (Å²) in [6.07, 6.45) is 26.3. The van der Waals surface area contributed by atoms with Crippen molar-refractivity contribution in [1.82, 2.24) is 4.90 Å². The van der Waals surface area contributed by atoms with Crippen molar-refractivity contribution in [2.75, 3.05) is 13.1 Å². The van der Waals surface area contributed by atoms with Gasteiger partial charge < -0.3 is 4.90 Å². The second-order valence-corrected chi connectivity index (χ2v) is 7.89. The van der Waals surface area contributed by atoms with Crippen LogP contribution in [-0.4, -0.2) is 18.0 Å². The van der Waals surface area contributed by atoms with Gasteiger partial charge in [0.15, 0.2) is 0 Å². The molecule has 0 rings (SSSR count). The summed E-state index contributed by atoms with van der Waals surface area (Å²) in [7, 11) is 0. The Morgan fingerprint density at radius 1 is 0.615 bits per heavy atom. The van der Waals surface area contributed by atoms with E-state index in [2.05, 4.69) is 44.4 Å². The first-order chi connectivity index (χ1) is 12.8. The molecule has 0 radical (unpaired) electrons. The Balaban J connectivity index is 3.39. The lowest BCUT2D eigenvalue weighted by Gasteiger charge is -2.26. The molecule has 0 saturated heterocycles. The lowest BCUT2D eigenvalue weighted by molar-refractivity contribution is 0.330. The van der Waals surface area contributed by atoms with E-state index in [1.54, 1.807) is 0 Å². The van der Waals surface area contributed by atoms with Crippen LogP contribution in [0.3, 0.4) is 0 Å². The maximum absolute atomic E-state index is 4.31. The zero-order valence-corrected chi connectivity index (χ0v) is 18.5. The van der Waals surface area contributed by atoms with Crippen molar-refractivity contribution >= 4 is 0 Å². The van der Waals surface area contributed by atoms with Crippen LogP contribution in [0.4, 0.5) is 0 Å². The zero-order chi connectivity index (χ0) is 19.3. The summed E-state index contributed by atoms with van der Waals surface area (Å²) in [4.78, 5) is 2.49. The summed E-state index contributed by atoms with van der Waals surface area (Å²) in [5.41, 5.74) is 1.37. The van der Waals surface area contributed by atoms with E-state index < -0.39 is 0 Å². The average Bonchev–Trinajstić information content (AvgIpc) is 2.64. The molecule has 0 aromatic rings. The fraction of sp³-hybridized carbons (Fsp3) is 0.840. The molecule has 0 bridgehead atoms. The van der Waals surface area contributed by atoms with Gasteiger partial charge in [-0.15, -0.1) is 0 Å². The summed E-state index contributed by atoms with van der Waals surface area (Å²) < 4.78 is 0. The average molecular weight is 364 g/mol. The Hall–Kier alpha value is -0.720. The van der Waals surface area contributed by atoms with E-state index >= 15 is 0 Å². The van der Waals surface area contributed by atoms with Crippen LogP contribution in [-0.2, 0) is 0 Å². The first-order valence-corrected chi connectivity index (χ1v) is 11.8. The number of rotatable bonds is 20. The molecule has 0 aliphatic heterocycles. The van der Waals surface area contributed by atoms with Crippen LogP contribution in [0.1, 0.15) is 124 Å². The van der Waals surface area contributed by atoms with Crippen molar-refractivity contribution in [2.24, 2.45) is 0 Å². The molecule has 26 heavy (non-hydrogen) atoms. The van der Waals surface area contributed by atoms with Crippen LogP contribution in [0.5, 0.6) is 0 Å². The monoisotopic (exact) mass is 363 g/mol. The molecule has 0 N–H and O–H groups in total. The molecule has 0 aliphatic carbocycles. The Labute approximate surface area is 166 Å². The van der Waals surface area contributed by atoms with E-state index in [1.165, 1.54) is 122 Å². The van der Waals surface area contributed by atoms with E-state index in [-0.39, 0.29) is 0 Å². The molecule has 0 saturated carbocycles. The molecule has 0 heterocycles. The van der Waals surface area contributed by atoms with Crippen molar-refractivity contribution in [3.8, 4) is 0 Å². The van der Waals surface area contributed by atoms with Crippen LogP contribution >= 0.6 is 0 Å². The predicted molar refractivity (Wildman–Crippen MR) is 121 cm³/mol. The molecule has 1 heteroatoms. The Morgan fingerprint density at radius 2 is 1.08 bits per heavy atom. The van der Waals surface area contributed by atoms with E-state index in [1.807, 2.05) is 0 Å². The molecule has 0 aliphatic rings. The minimum absolute atomic E-state index is 1.18. The third-order valence-corrected chi connectivity index (χ3v) is 5.16. The minimum atomic E-state index is 1.18. The summed E-state index contributed by atoms with van der Waals surface area (Å²) in [6, 6.07) is 0. The van der Waals surface area contributed by atoms with Gasteiger partial charge in [-0.1, -0.05) is 90.9 Å². The topological polar surface area (TPSA) is 3.24 Å². The normalized spacial score (nSPS) is 11.3. The smallest absolute Gasteiger partial charge is 0.0172 e. The van der Waals surface area contributed by atoms with Gasteiger partial charge in [0.1, 0.15) is 0 Å². The summed E-state index contributed by atoms with van der Waals surface area (Å²) in [5, 5.41) is 0. The Bertz CT molecular complexity index is 312. The van der Waals surface area contributed by atoms with E-state index in [9.17, 15) is 0 Å². The number of unbranched alkanes of at least 4 members (excludes halogenated alkanes) is 11. The van der Waals surface area contributed by atoms with Gasteiger partial charge >= 0.3 is 0 Å². The molecule has 1 nitrogen and oxygen atoms in total. The second-order valence-electron chi connectivity index (χ2n) is 7.89. The second kappa shape index (κ2) is 20.6. The van der Waals surface area contributed by atoms with Gasteiger partial charge in [-0.05, 0) is 51.4 Å². The van der Waals surface area contributed by atoms with E-state index in [4.69, 9.17) is 0 Å². The largest absolute Gasteiger partial charge is 0.375 e. The molecular weight excluding hydrogens is 314 g/mol. The molecule has 0 atom stereocenters. The van der Waals surface area contributed by atoms with Crippen LogP contribution in [0.25, 0.3) is 0 Å². The molecule has 0 aromatic carbocycles. The van der Waals surface area contributed by atoms with Gasteiger partial charge in [0.25, 0.3) is 0 Å². The highest BCUT2D eigenvalue weighted by atomic mass is 15.1. The number of allylic oxidation sites excluding steroid dienone is 3. The Kier molecular flexibility index (Phi) is 20.0. The minimum Gasteiger partial charge on any atom is -0.375 e. The van der Waals surface area contributed by atoms with Crippen molar-refractivity contribution in [2.45, 2.75) is 124 Å². The number of hydrogen-bond acceptors (Lipinski definition) is 1. The third-order valence-electron chi connectivity index (χ3n) is 5.16. The van der Waals surface area contributed by atoms with Crippen LogP contribution < -0.4 is 0 Å². The molecule has 0 amide bonds. The van der Waals surface area contributed by atoms with Crippen molar-refractivity contribution in [1.29, 1.82) is 0 Å². The fourth-order valence-electron chi connectivity index (χ4n) is 3.53.